The van der Waals surface area contributed by atoms with E-state index < -0.39 is 12.6 Å². The zero-order valence-corrected chi connectivity index (χ0v) is 12.9. The van der Waals surface area contributed by atoms with Gasteiger partial charge < -0.3 is 10.2 Å². The first-order chi connectivity index (χ1) is 9.92. The lowest BCUT2D eigenvalue weighted by molar-refractivity contribution is -0.132. The molecule has 21 heavy (non-hydrogen) atoms. The van der Waals surface area contributed by atoms with E-state index in [-0.39, 0.29) is 6.54 Å². The molecular weight excluding hydrogens is 301 g/mol. The molecular formula is C13H19F3N4S. The molecule has 0 aromatic carbocycles. The smallest absolute Gasteiger partial charge is 0.358 e. The molecule has 0 radical (unpaired) electrons. The van der Waals surface area contributed by atoms with Crippen LogP contribution >= 0.6 is 11.3 Å². The van der Waals surface area contributed by atoms with Gasteiger partial charge in [-0.05, 0) is 13.0 Å². The number of hydrogen-bond acceptors (Lipinski definition) is 4. The van der Waals surface area contributed by atoms with Gasteiger partial charge in [0.1, 0.15) is 0 Å². The number of rotatable bonds is 7. The first kappa shape index (κ1) is 16.1. The average Bonchev–Trinajstić information content (AvgIpc) is 2.97. The molecule has 0 aliphatic carbocycles. The van der Waals surface area contributed by atoms with Gasteiger partial charge in [-0.1, -0.05) is 6.92 Å². The maximum Gasteiger partial charge on any atom is 0.390 e. The maximum atomic E-state index is 12.4. The second kappa shape index (κ2) is 6.65. The van der Waals surface area contributed by atoms with Crippen molar-refractivity contribution >= 4 is 22.1 Å². The zero-order chi connectivity index (χ0) is 15.5. The number of hydrogen-bond donors (Lipinski definition) is 1. The van der Waals surface area contributed by atoms with Gasteiger partial charge in [0.15, 0.2) is 10.8 Å². The second-order valence-electron chi connectivity index (χ2n) is 4.90. The Morgan fingerprint density at radius 2 is 2.19 bits per heavy atom. The fourth-order valence-corrected chi connectivity index (χ4v) is 2.80. The maximum absolute atomic E-state index is 12.4. The Hall–Kier alpha value is -1.28. The summed E-state index contributed by atoms with van der Waals surface area (Å²) in [5.74, 6) is 0.620. The van der Waals surface area contributed by atoms with Crippen LogP contribution in [0.1, 0.15) is 25.5 Å². The Morgan fingerprint density at radius 1 is 1.43 bits per heavy atom. The van der Waals surface area contributed by atoms with Crippen LogP contribution in [0.2, 0.25) is 0 Å². The quantitative estimate of drug-likeness (QED) is 0.795. The lowest BCUT2D eigenvalue weighted by Gasteiger charge is -2.19. The number of alkyl halides is 3. The van der Waals surface area contributed by atoms with E-state index in [0.29, 0.717) is 12.4 Å². The number of nitrogens with zero attached hydrogens (tertiary/aromatic N) is 3. The van der Waals surface area contributed by atoms with Crippen molar-refractivity contribution in [1.82, 2.24) is 14.7 Å². The Kier molecular flexibility index (Phi) is 5.10. The molecule has 2 aromatic heterocycles. The summed E-state index contributed by atoms with van der Waals surface area (Å²) >= 11 is 1.48. The van der Waals surface area contributed by atoms with Crippen LogP contribution in [0.3, 0.4) is 0 Å². The molecule has 0 fully saturated rings. The van der Waals surface area contributed by atoms with Crippen molar-refractivity contribution in [1.29, 1.82) is 0 Å². The standard InChI is InChI=1S/C13H19F3N4S/c1-3-5-17-9-10-11(18-12-20(10)7-8-21-12)19(2)6-4-13(14,15)16/h7-8,17H,3-6,9H2,1-2H3. The largest absolute Gasteiger partial charge is 0.390 e. The van der Waals surface area contributed by atoms with Gasteiger partial charge >= 0.3 is 6.18 Å². The monoisotopic (exact) mass is 320 g/mol. The molecule has 0 saturated heterocycles. The van der Waals surface area contributed by atoms with E-state index in [0.717, 1.165) is 23.6 Å². The van der Waals surface area contributed by atoms with Gasteiger partial charge in [-0.3, -0.25) is 4.40 Å². The fraction of sp³-hybridized carbons (Fsp3) is 0.615. The van der Waals surface area contributed by atoms with E-state index in [9.17, 15) is 13.2 Å². The summed E-state index contributed by atoms with van der Waals surface area (Å²) in [5.41, 5.74) is 0.907. The summed E-state index contributed by atoms with van der Waals surface area (Å²) in [6, 6.07) is 0. The van der Waals surface area contributed by atoms with Crippen LogP contribution in [0.15, 0.2) is 11.6 Å². The summed E-state index contributed by atoms with van der Waals surface area (Å²) in [6.07, 6.45) is -2.08. The number of anilines is 1. The van der Waals surface area contributed by atoms with Crippen LogP contribution in [-0.2, 0) is 6.54 Å². The summed E-state index contributed by atoms with van der Waals surface area (Å²) in [5, 5.41) is 5.20. The summed E-state index contributed by atoms with van der Waals surface area (Å²) in [4.78, 5) is 6.83. The van der Waals surface area contributed by atoms with Gasteiger partial charge in [0, 0.05) is 31.7 Å². The molecule has 118 valence electrons. The van der Waals surface area contributed by atoms with E-state index in [1.54, 1.807) is 11.9 Å². The molecule has 0 atom stereocenters. The van der Waals surface area contributed by atoms with E-state index in [4.69, 9.17) is 0 Å². The van der Waals surface area contributed by atoms with Crippen molar-refractivity contribution in [3.05, 3.63) is 17.3 Å². The van der Waals surface area contributed by atoms with Crippen LogP contribution < -0.4 is 10.2 Å². The van der Waals surface area contributed by atoms with E-state index in [2.05, 4.69) is 17.2 Å². The van der Waals surface area contributed by atoms with Crippen LogP contribution in [0.5, 0.6) is 0 Å². The summed E-state index contributed by atoms with van der Waals surface area (Å²) < 4.78 is 39.0. The number of thiazole rings is 1. The third-order valence-electron chi connectivity index (χ3n) is 3.15. The number of nitrogens with one attached hydrogen (secondary N) is 1. The van der Waals surface area contributed by atoms with Crippen molar-refractivity contribution in [2.75, 3.05) is 25.0 Å². The Balaban J connectivity index is 2.16. The lowest BCUT2D eigenvalue weighted by Crippen LogP contribution is -2.26. The van der Waals surface area contributed by atoms with Crippen molar-refractivity contribution in [3.63, 3.8) is 0 Å². The topological polar surface area (TPSA) is 32.6 Å². The predicted octanol–water partition coefficient (Wildman–Crippen LogP) is 3.28. The van der Waals surface area contributed by atoms with Crippen molar-refractivity contribution < 1.29 is 13.2 Å². The predicted molar refractivity (Wildman–Crippen MR) is 79.0 cm³/mol. The van der Waals surface area contributed by atoms with Gasteiger partial charge in [0.05, 0.1) is 12.1 Å². The van der Waals surface area contributed by atoms with Gasteiger partial charge in [-0.25, -0.2) is 4.98 Å². The average molecular weight is 320 g/mol. The number of fused-ring (bicyclic) bond motifs is 1. The molecule has 2 aromatic rings. The first-order valence-corrected chi connectivity index (χ1v) is 7.73. The molecule has 0 aliphatic rings. The van der Waals surface area contributed by atoms with Gasteiger partial charge in [0.25, 0.3) is 0 Å². The molecule has 1 N–H and O–H groups in total. The molecule has 0 amide bonds. The van der Waals surface area contributed by atoms with Crippen LogP contribution in [0.4, 0.5) is 19.0 Å². The molecule has 0 bridgehead atoms. The molecule has 0 spiro atoms. The minimum Gasteiger partial charge on any atom is -0.358 e. The van der Waals surface area contributed by atoms with Gasteiger partial charge in [0.2, 0.25) is 0 Å². The molecule has 2 rings (SSSR count). The molecule has 4 nitrogen and oxygen atoms in total. The molecule has 2 heterocycles. The number of imidazole rings is 1. The SMILES string of the molecule is CCCNCc1c(N(C)CCC(F)(F)F)nc2sccn12. The Labute approximate surface area is 125 Å². The molecule has 8 heteroatoms. The van der Waals surface area contributed by atoms with Crippen molar-refractivity contribution in [3.8, 4) is 0 Å². The van der Waals surface area contributed by atoms with E-state index in [1.165, 1.54) is 11.3 Å². The van der Waals surface area contributed by atoms with Gasteiger partial charge in [-0.2, -0.15) is 13.2 Å². The Bertz CT molecular complexity index is 575. The fourth-order valence-electron chi connectivity index (χ4n) is 2.08. The van der Waals surface area contributed by atoms with Gasteiger partial charge in [-0.15, -0.1) is 11.3 Å². The minimum atomic E-state index is -4.15. The first-order valence-electron chi connectivity index (χ1n) is 6.85. The number of aromatic nitrogens is 2. The minimum absolute atomic E-state index is 0.0882. The van der Waals surface area contributed by atoms with Crippen molar-refractivity contribution in [2.45, 2.75) is 32.5 Å². The van der Waals surface area contributed by atoms with E-state index in [1.807, 2.05) is 16.0 Å². The third-order valence-corrected chi connectivity index (χ3v) is 3.91. The van der Waals surface area contributed by atoms with Crippen LogP contribution in [0, 0.1) is 0 Å². The normalized spacial score (nSPS) is 12.2. The van der Waals surface area contributed by atoms with Crippen molar-refractivity contribution in [2.24, 2.45) is 0 Å². The molecule has 0 aliphatic heterocycles. The lowest BCUT2D eigenvalue weighted by atomic mass is 10.3. The third kappa shape index (κ3) is 4.10. The molecule has 0 unspecified atom stereocenters. The number of halogens is 3. The van der Waals surface area contributed by atoms with E-state index >= 15 is 0 Å². The highest BCUT2D eigenvalue weighted by Gasteiger charge is 2.28. The Morgan fingerprint density at radius 3 is 2.86 bits per heavy atom. The zero-order valence-electron chi connectivity index (χ0n) is 12.1. The highest BCUT2D eigenvalue weighted by Crippen LogP contribution is 2.26. The van der Waals surface area contributed by atoms with Crippen LogP contribution in [-0.4, -0.2) is 35.7 Å². The highest BCUT2D eigenvalue weighted by atomic mass is 32.1. The summed E-state index contributed by atoms with van der Waals surface area (Å²) in [6.45, 7) is 3.44. The molecule has 0 saturated carbocycles. The highest BCUT2D eigenvalue weighted by molar-refractivity contribution is 7.15. The van der Waals surface area contributed by atoms with Crippen LogP contribution in [0.25, 0.3) is 4.96 Å². The second-order valence-corrected chi connectivity index (χ2v) is 5.77. The summed E-state index contributed by atoms with van der Waals surface area (Å²) in [7, 11) is 1.65.